The van der Waals surface area contributed by atoms with Gasteiger partial charge >= 0.3 is 0 Å². The summed E-state index contributed by atoms with van der Waals surface area (Å²) in [5.74, 6) is 0.450. The Morgan fingerprint density at radius 2 is 1.90 bits per heavy atom. The number of benzene rings is 2. The van der Waals surface area contributed by atoms with Gasteiger partial charge in [-0.05, 0) is 58.5 Å². The summed E-state index contributed by atoms with van der Waals surface area (Å²) in [5.41, 5.74) is 8.11. The van der Waals surface area contributed by atoms with Gasteiger partial charge in [-0.15, -0.1) is 0 Å². The molecule has 0 aliphatic heterocycles. The fourth-order valence-electron chi connectivity index (χ4n) is 2.50. The molecule has 1 aliphatic carbocycles. The third kappa shape index (κ3) is 3.27. The molecule has 21 heavy (non-hydrogen) atoms. The van der Waals surface area contributed by atoms with Gasteiger partial charge in [0.05, 0.1) is 11.6 Å². The highest BCUT2D eigenvalue weighted by Gasteiger charge is 2.33. The molecule has 3 N–H and O–H groups in total. The molecule has 1 amide bonds. The van der Waals surface area contributed by atoms with Crippen LogP contribution >= 0.6 is 15.9 Å². The van der Waals surface area contributed by atoms with E-state index in [0.717, 1.165) is 22.9 Å². The first-order valence-electron chi connectivity index (χ1n) is 7.06. The van der Waals surface area contributed by atoms with Crippen LogP contribution in [0.5, 0.6) is 0 Å². The van der Waals surface area contributed by atoms with Crippen LogP contribution in [0, 0.1) is 5.92 Å². The molecule has 0 heterocycles. The molecule has 4 heteroatoms. The highest BCUT2D eigenvalue weighted by molar-refractivity contribution is 9.10. The predicted molar refractivity (Wildman–Crippen MR) is 87.9 cm³/mol. The number of nitrogen functional groups attached to an aromatic ring is 1. The first-order valence-corrected chi connectivity index (χ1v) is 7.85. The van der Waals surface area contributed by atoms with Gasteiger partial charge in [-0.2, -0.15) is 0 Å². The molecular formula is C17H17BrN2O. The quantitative estimate of drug-likeness (QED) is 0.826. The van der Waals surface area contributed by atoms with Crippen molar-refractivity contribution in [1.82, 2.24) is 5.32 Å². The van der Waals surface area contributed by atoms with E-state index >= 15 is 0 Å². The van der Waals surface area contributed by atoms with E-state index in [9.17, 15) is 4.79 Å². The van der Waals surface area contributed by atoms with Crippen LogP contribution in [-0.2, 0) is 0 Å². The maximum Gasteiger partial charge on any atom is 0.252 e. The Balaban J connectivity index is 1.83. The summed E-state index contributed by atoms with van der Waals surface area (Å²) in [7, 11) is 0. The molecule has 1 unspecified atom stereocenters. The number of anilines is 1. The smallest absolute Gasteiger partial charge is 0.252 e. The molecule has 3 rings (SSSR count). The lowest BCUT2D eigenvalue weighted by molar-refractivity contribution is 0.0931. The summed E-state index contributed by atoms with van der Waals surface area (Å²) in [6, 6.07) is 15.5. The van der Waals surface area contributed by atoms with Gasteiger partial charge in [-0.3, -0.25) is 4.79 Å². The molecule has 1 saturated carbocycles. The monoisotopic (exact) mass is 344 g/mol. The van der Waals surface area contributed by atoms with Crippen molar-refractivity contribution < 1.29 is 4.79 Å². The highest BCUT2D eigenvalue weighted by Crippen LogP contribution is 2.41. The average Bonchev–Trinajstić information content (AvgIpc) is 3.32. The van der Waals surface area contributed by atoms with Crippen LogP contribution in [0.15, 0.2) is 53.0 Å². The number of nitrogens with one attached hydrogen (secondary N) is 1. The predicted octanol–water partition coefficient (Wildman–Crippen LogP) is 3.91. The highest BCUT2D eigenvalue weighted by atomic mass is 79.9. The molecule has 1 aliphatic rings. The van der Waals surface area contributed by atoms with Gasteiger partial charge in [0.25, 0.3) is 5.91 Å². The first-order chi connectivity index (χ1) is 10.1. The summed E-state index contributed by atoms with van der Waals surface area (Å²) < 4.78 is 0.761. The molecule has 0 saturated heterocycles. The standard InChI is InChI=1S/C17H17BrN2O/c18-15-9-8-13(19)10-14(15)17(21)20-16(12-6-7-12)11-4-2-1-3-5-11/h1-5,8-10,12,16H,6-7,19H2,(H,20,21). The molecule has 2 aromatic rings. The van der Waals surface area contributed by atoms with Crippen LogP contribution in [0.4, 0.5) is 5.69 Å². The van der Waals surface area contributed by atoms with Crippen molar-refractivity contribution in [3.05, 3.63) is 64.1 Å². The normalized spacial score (nSPS) is 15.5. The number of amides is 1. The second-order valence-electron chi connectivity index (χ2n) is 5.44. The van der Waals surface area contributed by atoms with E-state index in [4.69, 9.17) is 5.73 Å². The maximum atomic E-state index is 12.5. The number of hydrogen-bond acceptors (Lipinski definition) is 2. The van der Waals surface area contributed by atoms with Crippen LogP contribution in [-0.4, -0.2) is 5.91 Å². The van der Waals surface area contributed by atoms with Crippen LogP contribution in [0.2, 0.25) is 0 Å². The molecule has 0 aromatic heterocycles. The van der Waals surface area contributed by atoms with Crippen LogP contribution in [0.1, 0.15) is 34.8 Å². The maximum absolute atomic E-state index is 12.5. The van der Waals surface area contributed by atoms with Crippen molar-refractivity contribution in [3.8, 4) is 0 Å². The zero-order chi connectivity index (χ0) is 14.8. The minimum absolute atomic E-state index is 0.0760. The summed E-state index contributed by atoms with van der Waals surface area (Å²) >= 11 is 3.41. The zero-order valence-corrected chi connectivity index (χ0v) is 13.1. The Bertz CT molecular complexity index is 653. The fraction of sp³-hybridized carbons (Fsp3) is 0.235. The van der Waals surface area contributed by atoms with Gasteiger partial charge < -0.3 is 11.1 Å². The molecule has 0 bridgehead atoms. The molecular weight excluding hydrogens is 328 g/mol. The molecule has 0 radical (unpaired) electrons. The number of nitrogens with two attached hydrogens (primary N) is 1. The van der Waals surface area contributed by atoms with E-state index in [0.29, 0.717) is 17.2 Å². The molecule has 0 spiro atoms. The van der Waals surface area contributed by atoms with Crippen molar-refractivity contribution >= 4 is 27.5 Å². The summed E-state index contributed by atoms with van der Waals surface area (Å²) in [6.07, 6.45) is 2.33. The van der Waals surface area contributed by atoms with Crippen molar-refractivity contribution in [2.24, 2.45) is 5.92 Å². The second-order valence-corrected chi connectivity index (χ2v) is 6.29. The number of halogens is 1. The van der Waals surface area contributed by atoms with Crippen molar-refractivity contribution in [3.63, 3.8) is 0 Å². The lowest BCUT2D eigenvalue weighted by atomic mass is 10.0. The Labute approximate surface area is 132 Å². The fourth-order valence-corrected chi connectivity index (χ4v) is 2.93. The van der Waals surface area contributed by atoms with Crippen molar-refractivity contribution in [1.29, 1.82) is 0 Å². The van der Waals surface area contributed by atoms with E-state index < -0.39 is 0 Å². The molecule has 2 aromatic carbocycles. The van der Waals surface area contributed by atoms with Crippen LogP contribution in [0.25, 0.3) is 0 Å². The van der Waals surface area contributed by atoms with E-state index in [-0.39, 0.29) is 11.9 Å². The van der Waals surface area contributed by atoms with Crippen molar-refractivity contribution in [2.45, 2.75) is 18.9 Å². The summed E-state index contributed by atoms with van der Waals surface area (Å²) in [5, 5.41) is 3.16. The molecule has 1 fully saturated rings. The van der Waals surface area contributed by atoms with Gasteiger partial charge in [-0.1, -0.05) is 30.3 Å². The Kier molecular flexibility index (Phi) is 3.97. The van der Waals surface area contributed by atoms with Gasteiger partial charge in [0.15, 0.2) is 0 Å². The number of carbonyl (C=O) groups is 1. The molecule has 1 atom stereocenters. The molecule has 108 valence electrons. The molecule has 3 nitrogen and oxygen atoms in total. The minimum atomic E-state index is -0.0880. The van der Waals surface area contributed by atoms with Gasteiger partial charge in [0.1, 0.15) is 0 Å². The Morgan fingerprint density at radius 1 is 1.19 bits per heavy atom. The lowest BCUT2D eigenvalue weighted by Gasteiger charge is -2.19. The Hall–Kier alpha value is -1.81. The first kappa shape index (κ1) is 14.1. The lowest BCUT2D eigenvalue weighted by Crippen LogP contribution is -2.30. The van der Waals surface area contributed by atoms with E-state index in [1.165, 1.54) is 0 Å². The summed E-state index contributed by atoms with van der Waals surface area (Å²) in [6.45, 7) is 0. The van der Waals surface area contributed by atoms with Crippen molar-refractivity contribution in [2.75, 3.05) is 5.73 Å². The number of rotatable bonds is 4. The second kappa shape index (κ2) is 5.90. The van der Waals surface area contributed by atoms with Crippen LogP contribution in [0.3, 0.4) is 0 Å². The third-order valence-corrected chi connectivity index (χ3v) is 4.47. The summed E-state index contributed by atoms with van der Waals surface area (Å²) in [4.78, 5) is 12.5. The largest absolute Gasteiger partial charge is 0.399 e. The van der Waals surface area contributed by atoms with Gasteiger partial charge in [0.2, 0.25) is 0 Å². The number of carbonyl (C=O) groups excluding carboxylic acids is 1. The van der Waals surface area contributed by atoms with Gasteiger partial charge in [0, 0.05) is 10.2 Å². The third-order valence-electron chi connectivity index (χ3n) is 3.77. The number of hydrogen-bond donors (Lipinski definition) is 2. The van der Waals surface area contributed by atoms with E-state index in [1.807, 2.05) is 18.2 Å². The van der Waals surface area contributed by atoms with E-state index in [2.05, 4.69) is 33.4 Å². The zero-order valence-electron chi connectivity index (χ0n) is 11.6. The van der Waals surface area contributed by atoms with Crippen LogP contribution < -0.4 is 11.1 Å². The van der Waals surface area contributed by atoms with E-state index in [1.54, 1.807) is 18.2 Å². The van der Waals surface area contributed by atoms with Gasteiger partial charge in [-0.25, -0.2) is 0 Å². The average molecular weight is 345 g/mol. The SMILES string of the molecule is Nc1ccc(Br)c(C(=O)NC(c2ccccc2)C2CC2)c1. The Morgan fingerprint density at radius 3 is 2.57 bits per heavy atom. The topological polar surface area (TPSA) is 55.1 Å². The minimum Gasteiger partial charge on any atom is -0.399 e.